The fourth-order valence-electron chi connectivity index (χ4n) is 5.70. The van der Waals surface area contributed by atoms with Gasteiger partial charge < -0.3 is 20.9 Å². The molecule has 0 saturated heterocycles. The Kier molecular flexibility index (Phi) is 9.23. The van der Waals surface area contributed by atoms with E-state index < -0.39 is 0 Å². The number of aromatic amines is 1. The van der Waals surface area contributed by atoms with Gasteiger partial charge in [-0.2, -0.15) is 0 Å². The fourth-order valence-corrected chi connectivity index (χ4v) is 5.70. The zero-order chi connectivity index (χ0) is 27.7. The highest BCUT2D eigenvalue weighted by Gasteiger charge is 2.24. The largest absolute Gasteiger partial charge is 0.367 e. The fraction of sp³-hybridized carbons (Fsp3) is 0.419. The standard InChI is InChI=1S/C31H40N8O/c1-22(2)39(25-15-9-10-16-25)18-17-32-31(40)34-20-27-37-29(28-30(38-27)36-21-35-28)33-19-26(23-11-5-3-6-12-23)24-13-7-4-8-14-24/h3-8,11-14,21-22,25-26H,9-10,15-20H2,1-2H3,(H2,32,34,40)(H2,33,35,36,37,38). The smallest absolute Gasteiger partial charge is 0.315 e. The first-order valence-corrected chi connectivity index (χ1v) is 14.4. The zero-order valence-corrected chi connectivity index (χ0v) is 23.4. The van der Waals surface area contributed by atoms with Gasteiger partial charge in [0.2, 0.25) is 0 Å². The number of benzene rings is 2. The van der Waals surface area contributed by atoms with Crippen molar-refractivity contribution in [2.24, 2.45) is 0 Å². The van der Waals surface area contributed by atoms with Gasteiger partial charge in [-0.05, 0) is 37.8 Å². The van der Waals surface area contributed by atoms with Crippen LogP contribution in [-0.4, -0.2) is 62.6 Å². The summed E-state index contributed by atoms with van der Waals surface area (Å²) < 4.78 is 0. The topological polar surface area (TPSA) is 111 Å². The number of nitrogens with one attached hydrogen (secondary N) is 4. The van der Waals surface area contributed by atoms with E-state index in [1.807, 2.05) is 12.1 Å². The first-order valence-electron chi connectivity index (χ1n) is 14.4. The van der Waals surface area contributed by atoms with E-state index in [2.05, 4.69) is 98.2 Å². The van der Waals surface area contributed by atoms with Gasteiger partial charge in [-0.3, -0.25) is 4.90 Å². The molecule has 40 heavy (non-hydrogen) atoms. The predicted molar refractivity (Wildman–Crippen MR) is 159 cm³/mol. The molecule has 210 valence electrons. The Balaban J connectivity index is 1.21. The van der Waals surface area contributed by atoms with Crippen LogP contribution in [0.15, 0.2) is 67.0 Å². The van der Waals surface area contributed by atoms with Crippen LogP contribution >= 0.6 is 0 Å². The number of hydrogen-bond acceptors (Lipinski definition) is 6. The molecule has 5 rings (SSSR count). The number of rotatable bonds is 12. The van der Waals surface area contributed by atoms with Crippen LogP contribution in [0.1, 0.15) is 62.4 Å². The van der Waals surface area contributed by atoms with E-state index in [0.29, 0.717) is 42.5 Å². The summed E-state index contributed by atoms with van der Waals surface area (Å²) in [7, 11) is 0. The van der Waals surface area contributed by atoms with Gasteiger partial charge in [-0.15, -0.1) is 0 Å². The Labute approximate surface area is 236 Å². The maximum atomic E-state index is 12.6. The lowest BCUT2D eigenvalue weighted by Crippen LogP contribution is -2.45. The summed E-state index contributed by atoms with van der Waals surface area (Å²) in [6.45, 7) is 6.76. The van der Waals surface area contributed by atoms with Gasteiger partial charge in [0.1, 0.15) is 5.52 Å². The monoisotopic (exact) mass is 540 g/mol. The number of nitrogens with zero attached hydrogens (tertiary/aromatic N) is 4. The van der Waals surface area contributed by atoms with Crippen molar-refractivity contribution in [1.29, 1.82) is 0 Å². The number of amides is 2. The summed E-state index contributed by atoms with van der Waals surface area (Å²) in [5.74, 6) is 1.31. The molecule has 0 aliphatic heterocycles. The highest BCUT2D eigenvalue weighted by atomic mass is 16.2. The van der Waals surface area contributed by atoms with E-state index in [1.165, 1.54) is 36.8 Å². The second-order valence-corrected chi connectivity index (χ2v) is 10.7. The Morgan fingerprint density at radius 2 is 1.65 bits per heavy atom. The highest BCUT2D eigenvalue weighted by molar-refractivity contribution is 5.82. The van der Waals surface area contributed by atoms with Gasteiger partial charge in [0.25, 0.3) is 0 Å². The van der Waals surface area contributed by atoms with Crippen molar-refractivity contribution in [3.63, 3.8) is 0 Å². The molecule has 0 spiro atoms. The third-order valence-corrected chi connectivity index (χ3v) is 7.73. The Morgan fingerprint density at radius 3 is 2.30 bits per heavy atom. The summed E-state index contributed by atoms with van der Waals surface area (Å²) >= 11 is 0. The molecule has 1 aliphatic carbocycles. The van der Waals surface area contributed by atoms with Crippen molar-refractivity contribution < 1.29 is 4.79 Å². The third kappa shape index (κ3) is 6.96. The lowest BCUT2D eigenvalue weighted by atomic mass is 9.91. The number of carbonyl (C=O) groups excluding carboxylic acids is 1. The Bertz CT molecular complexity index is 1310. The molecule has 2 aromatic heterocycles. The normalized spacial score (nSPS) is 13.9. The lowest BCUT2D eigenvalue weighted by Gasteiger charge is -2.32. The van der Waals surface area contributed by atoms with Gasteiger partial charge >= 0.3 is 6.03 Å². The van der Waals surface area contributed by atoms with E-state index >= 15 is 0 Å². The van der Waals surface area contributed by atoms with E-state index in [-0.39, 0.29) is 18.5 Å². The number of hydrogen-bond donors (Lipinski definition) is 4. The number of aromatic nitrogens is 4. The number of anilines is 1. The molecule has 1 fully saturated rings. The second-order valence-electron chi connectivity index (χ2n) is 10.7. The van der Waals surface area contributed by atoms with E-state index in [1.54, 1.807) is 6.33 Å². The highest BCUT2D eigenvalue weighted by Crippen LogP contribution is 2.26. The summed E-state index contributed by atoms with van der Waals surface area (Å²) in [6, 6.07) is 21.8. The molecular formula is C31H40N8O. The van der Waals surface area contributed by atoms with E-state index in [4.69, 9.17) is 4.98 Å². The molecule has 0 radical (unpaired) electrons. The molecule has 1 saturated carbocycles. The third-order valence-electron chi connectivity index (χ3n) is 7.73. The van der Waals surface area contributed by atoms with Crippen molar-refractivity contribution in [2.45, 2.75) is 64.1 Å². The van der Waals surface area contributed by atoms with Crippen molar-refractivity contribution in [2.75, 3.05) is 25.0 Å². The van der Waals surface area contributed by atoms with Crippen LogP contribution in [0.25, 0.3) is 11.2 Å². The number of fused-ring (bicyclic) bond motifs is 1. The molecular weight excluding hydrogens is 500 g/mol. The number of urea groups is 1. The minimum Gasteiger partial charge on any atom is -0.367 e. The molecule has 9 nitrogen and oxygen atoms in total. The van der Waals surface area contributed by atoms with E-state index in [9.17, 15) is 4.79 Å². The SMILES string of the molecule is CC(C)N(CCNC(=O)NCc1nc(NCC(c2ccccc2)c2ccccc2)c2[nH]cnc2n1)C1CCCC1. The van der Waals surface area contributed by atoms with Crippen LogP contribution < -0.4 is 16.0 Å². The summed E-state index contributed by atoms with van der Waals surface area (Å²) in [6.07, 6.45) is 6.73. The molecule has 4 aromatic rings. The van der Waals surface area contributed by atoms with Crippen LogP contribution in [0, 0.1) is 0 Å². The molecule has 0 unspecified atom stereocenters. The second kappa shape index (κ2) is 13.4. The average Bonchev–Trinajstić information content (AvgIpc) is 3.68. The first-order chi connectivity index (χ1) is 19.6. The maximum absolute atomic E-state index is 12.6. The van der Waals surface area contributed by atoms with Crippen LogP contribution in [0.3, 0.4) is 0 Å². The van der Waals surface area contributed by atoms with Gasteiger partial charge in [-0.1, -0.05) is 73.5 Å². The quantitative estimate of drug-likeness (QED) is 0.200. The maximum Gasteiger partial charge on any atom is 0.315 e. The summed E-state index contributed by atoms with van der Waals surface area (Å²) in [5.41, 5.74) is 3.75. The number of carbonyl (C=O) groups is 1. The average molecular weight is 541 g/mol. The van der Waals surface area contributed by atoms with Gasteiger partial charge in [0.15, 0.2) is 17.3 Å². The minimum absolute atomic E-state index is 0.136. The van der Waals surface area contributed by atoms with Crippen molar-refractivity contribution in [3.05, 3.63) is 83.9 Å². The van der Waals surface area contributed by atoms with Crippen LogP contribution in [-0.2, 0) is 6.54 Å². The molecule has 0 bridgehead atoms. The van der Waals surface area contributed by atoms with Gasteiger partial charge in [0, 0.05) is 37.6 Å². The molecule has 2 heterocycles. The van der Waals surface area contributed by atoms with Crippen molar-refractivity contribution in [3.8, 4) is 0 Å². The molecule has 1 aliphatic rings. The molecule has 9 heteroatoms. The molecule has 2 aromatic carbocycles. The Morgan fingerprint density at radius 1 is 0.975 bits per heavy atom. The van der Waals surface area contributed by atoms with Crippen molar-refractivity contribution in [1.82, 2.24) is 35.5 Å². The van der Waals surface area contributed by atoms with Gasteiger partial charge in [0.05, 0.1) is 12.9 Å². The number of H-pyrrole nitrogens is 1. The van der Waals surface area contributed by atoms with Crippen LogP contribution in [0.4, 0.5) is 10.6 Å². The summed E-state index contributed by atoms with van der Waals surface area (Å²) in [4.78, 5) is 31.9. The van der Waals surface area contributed by atoms with Crippen LogP contribution in [0.5, 0.6) is 0 Å². The first kappa shape index (κ1) is 27.6. The van der Waals surface area contributed by atoms with E-state index in [0.717, 1.165) is 12.1 Å². The van der Waals surface area contributed by atoms with Crippen LogP contribution in [0.2, 0.25) is 0 Å². The number of imidazole rings is 1. The lowest BCUT2D eigenvalue weighted by molar-refractivity contribution is 0.156. The Hall–Kier alpha value is -3.98. The molecule has 4 N–H and O–H groups in total. The minimum atomic E-state index is -0.219. The zero-order valence-electron chi connectivity index (χ0n) is 23.4. The molecule has 0 atom stereocenters. The van der Waals surface area contributed by atoms with Gasteiger partial charge in [-0.25, -0.2) is 19.7 Å². The van der Waals surface area contributed by atoms with Crippen molar-refractivity contribution >= 4 is 23.0 Å². The summed E-state index contributed by atoms with van der Waals surface area (Å²) in [5, 5.41) is 9.44. The molecule has 2 amide bonds. The predicted octanol–water partition coefficient (Wildman–Crippen LogP) is 5.05.